The van der Waals surface area contributed by atoms with Gasteiger partial charge in [-0.15, -0.1) is 11.3 Å². The van der Waals surface area contributed by atoms with Crippen molar-refractivity contribution in [1.82, 2.24) is 25.1 Å². The number of benzene rings is 2. The summed E-state index contributed by atoms with van der Waals surface area (Å²) in [5.74, 6) is 0.454. The summed E-state index contributed by atoms with van der Waals surface area (Å²) in [7, 11) is 1.79. The molecule has 2 aromatic heterocycles. The summed E-state index contributed by atoms with van der Waals surface area (Å²) < 4.78 is 0. The van der Waals surface area contributed by atoms with E-state index in [1.165, 1.54) is 23.1 Å². The predicted molar refractivity (Wildman–Crippen MR) is 97.2 cm³/mol. The molecular formula is C18H15N5OS. The largest absolute Gasteiger partial charge is 0.336 e. The van der Waals surface area contributed by atoms with Gasteiger partial charge in [-0.3, -0.25) is 9.89 Å². The maximum atomic E-state index is 12.7. The summed E-state index contributed by atoms with van der Waals surface area (Å²) in [5.41, 5.74) is 1.53. The number of nitrogens with one attached hydrogen (secondary N) is 1. The van der Waals surface area contributed by atoms with Gasteiger partial charge in [0.15, 0.2) is 10.8 Å². The van der Waals surface area contributed by atoms with E-state index in [9.17, 15) is 4.79 Å². The topological polar surface area (TPSA) is 74.8 Å². The average molecular weight is 349 g/mol. The van der Waals surface area contributed by atoms with Crippen molar-refractivity contribution in [3.8, 4) is 10.8 Å². The van der Waals surface area contributed by atoms with Crippen LogP contribution in [0.4, 0.5) is 0 Å². The molecule has 4 aromatic rings. The number of thiazole rings is 1. The number of fused-ring (bicyclic) bond motifs is 1. The number of H-pyrrole nitrogens is 1. The van der Waals surface area contributed by atoms with E-state index in [0.29, 0.717) is 23.1 Å². The second kappa shape index (κ2) is 6.45. The number of amides is 1. The van der Waals surface area contributed by atoms with E-state index >= 15 is 0 Å². The molecule has 7 heteroatoms. The summed E-state index contributed by atoms with van der Waals surface area (Å²) >= 11 is 1.37. The van der Waals surface area contributed by atoms with Gasteiger partial charge in [-0.2, -0.15) is 5.10 Å². The molecule has 0 unspecified atom stereocenters. The number of carbonyl (C=O) groups excluding carboxylic acids is 1. The summed E-state index contributed by atoms with van der Waals surface area (Å²) in [6.07, 6.45) is 1.42. The summed E-state index contributed by atoms with van der Waals surface area (Å²) in [4.78, 5) is 22.8. The minimum atomic E-state index is -0.116. The maximum Gasteiger partial charge on any atom is 0.273 e. The van der Waals surface area contributed by atoms with Gasteiger partial charge in [0.1, 0.15) is 12.0 Å². The standard InChI is InChI=1S/C18H15N5OS/c1-23(9-13-7-4-6-12-5-2-3-8-14(12)13)18(24)15-10-25-17(21-15)16-19-11-20-22-16/h2-8,10-11H,9H2,1H3,(H,19,20,22). The first-order chi connectivity index (χ1) is 12.2. The minimum Gasteiger partial charge on any atom is -0.336 e. The molecule has 0 saturated carbocycles. The Kier molecular flexibility index (Phi) is 3.99. The lowest BCUT2D eigenvalue weighted by molar-refractivity contribution is 0.0781. The molecule has 0 aliphatic rings. The Balaban J connectivity index is 1.56. The highest BCUT2D eigenvalue weighted by atomic mass is 32.1. The van der Waals surface area contributed by atoms with Crippen LogP contribution in [0.1, 0.15) is 16.1 Å². The molecule has 2 aromatic carbocycles. The highest BCUT2D eigenvalue weighted by Gasteiger charge is 2.18. The zero-order valence-corrected chi connectivity index (χ0v) is 14.3. The van der Waals surface area contributed by atoms with Gasteiger partial charge in [-0.25, -0.2) is 9.97 Å². The Morgan fingerprint density at radius 2 is 2.04 bits per heavy atom. The van der Waals surface area contributed by atoms with E-state index in [2.05, 4.69) is 38.4 Å². The molecule has 0 saturated heterocycles. The van der Waals surface area contributed by atoms with Crippen LogP contribution in [0.15, 0.2) is 54.2 Å². The molecule has 0 atom stereocenters. The second-order valence-electron chi connectivity index (χ2n) is 5.67. The summed E-state index contributed by atoms with van der Waals surface area (Å²) in [6, 6.07) is 14.3. The molecule has 4 rings (SSSR count). The maximum absolute atomic E-state index is 12.7. The van der Waals surface area contributed by atoms with Gasteiger partial charge in [-0.1, -0.05) is 42.5 Å². The molecule has 0 aliphatic carbocycles. The van der Waals surface area contributed by atoms with Crippen molar-refractivity contribution in [3.63, 3.8) is 0 Å². The molecule has 2 heterocycles. The Morgan fingerprint density at radius 3 is 2.88 bits per heavy atom. The average Bonchev–Trinajstić information content (AvgIpc) is 3.32. The Morgan fingerprint density at radius 1 is 1.20 bits per heavy atom. The first-order valence-electron chi connectivity index (χ1n) is 7.76. The fraction of sp³-hybridized carbons (Fsp3) is 0.111. The van der Waals surface area contributed by atoms with Crippen LogP contribution >= 0.6 is 11.3 Å². The number of nitrogens with zero attached hydrogens (tertiary/aromatic N) is 4. The first-order valence-corrected chi connectivity index (χ1v) is 8.64. The molecule has 0 aliphatic heterocycles. The molecule has 0 bridgehead atoms. The lowest BCUT2D eigenvalue weighted by Crippen LogP contribution is -2.26. The predicted octanol–water partition coefficient (Wildman–Crippen LogP) is 3.35. The van der Waals surface area contributed by atoms with E-state index in [1.807, 2.05) is 24.3 Å². The van der Waals surface area contributed by atoms with Crippen LogP contribution in [0.2, 0.25) is 0 Å². The summed E-state index contributed by atoms with van der Waals surface area (Å²) in [5, 5.41) is 11.3. The third-order valence-electron chi connectivity index (χ3n) is 3.98. The minimum absolute atomic E-state index is 0.116. The molecule has 6 nitrogen and oxygen atoms in total. The van der Waals surface area contributed by atoms with Crippen LogP contribution in [0.5, 0.6) is 0 Å². The quantitative estimate of drug-likeness (QED) is 0.613. The smallest absolute Gasteiger partial charge is 0.273 e. The van der Waals surface area contributed by atoms with Crippen LogP contribution in [0.3, 0.4) is 0 Å². The Bertz CT molecular complexity index is 1020. The van der Waals surface area contributed by atoms with Crippen molar-refractivity contribution < 1.29 is 4.79 Å². The fourth-order valence-corrected chi connectivity index (χ4v) is 3.48. The van der Waals surface area contributed by atoms with Crippen molar-refractivity contribution in [3.05, 3.63) is 65.4 Å². The van der Waals surface area contributed by atoms with Gasteiger partial charge >= 0.3 is 0 Å². The Hall–Kier alpha value is -3.06. The van der Waals surface area contributed by atoms with Crippen molar-refractivity contribution in [2.45, 2.75) is 6.54 Å². The van der Waals surface area contributed by atoms with E-state index in [4.69, 9.17) is 0 Å². The SMILES string of the molecule is CN(Cc1cccc2ccccc12)C(=O)c1csc(-c2ncn[nH]2)n1. The van der Waals surface area contributed by atoms with Crippen molar-refractivity contribution in [2.24, 2.45) is 0 Å². The van der Waals surface area contributed by atoms with Gasteiger partial charge in [-0.05, 0) is 16.3 Å². The van der Waals surface area contributed by atoms with E-state index < -0.39 is 0 Å². The third kappa shape index (κ3) is 3.01. The summed E-state index contributed by atoms with van der Waals surface area (Å²) in [6.45, 7) is 0.523. The van der Waals surface area contributed by atoms with E-state index in [-0.39, 0.29) is 5.91 Å². The molecule has 0 fully saturated rings. The normalized spacial score (nSPS) is 10.9. The Labute approximate surface area is 148 Å². The lowest BCUT2D eigenvalue weighted by Gasteiger charge is -2.17. The van der Waals surface area contributed by atoms with E-state index in [0.717, 1.165) is 10.9 Å². The van der Waals surface area contributed by atoms with Crippen LogP contribution in [-0.4, -0.2) is 38.0 Å². The number of aromatic nitrogens is 4. The van der Waals surface area contributed by atoms with E-state index in [1.54, 1.807) is 17.3 Å². The number of carbonyl (C=O) groups is 1. The van der Waals surface area contributed by atoms with Crippen LogP contribution in [0.25, 0.3) is 21.6 Å². The van der Waals surface area contributed by atoms with Crippen molar-refractivity contribution in [1.29, 1.82) is 0 Å². The number of aromatic amines is 1. The van der Waals surface area contributed by atoms with Crippen molar-refractivity contribution in [2.75, 3.05) is 7.05 Å². The lowest BCUT2D eigenvalue weighted by atomic mass is 10.0. The van der Waals surface area contributed by atoms with Gasteiger partial charge in [0.25, 0.3) is 5.91 Å². The van der Waals surface area contributed by atoms with Gasteiger partial charge in [0, 0.05) is 19.0 Å². The van der Waals surface area contributed by atoms with Gasteiger partial charge < -0.3 is 4.90 Å². The monoisotopic (exact) mass is 349 g/mol. The molecule has 1 N–H and O–H groups in total. The number of hydrogen-bond donors (Lipinski definition) is 1. The zero-order valence-electron chi connectivity index (χ0n) is 13.5. The first kappa shape index (κ1) is 15.5. The highest BCUT2D eigenvalue weighted by molar-refractivity contribution is 7.13. The molecule has 124 valence electrons. The fourth-order valence-electron chi connectivity index (χ4n) is 2.74. The molecule has 1 amide bonds. The van der Waals surface area contributed by atoms with Crippen molar-refractivity contribution >= 4 is 28.0 Å². The van der Waals surface area contributed by atoms with Gasteiger partial charge in [0.05, 0.1) is 0 Å². The number of hydrogen-bond acceptors (Lipinski definition) is 5. The molecule has 0 spiro atoms. The van der Waals surface area contributed by atoms with Gasteiger partial charge in [0.2, 0.25) is 0 Å². The molecule has 0 radical (unpaired) electrons. The van der Waals surface area contributed by atoms with Crippen LogP contribution < -0.4 is 0 Å². The van der Waals surface area contributed by atoms with Crippen LogP contribution in [0, 0.1) is 0 Å². The second-order valence-corrected chi connectivity index (χ2v) is 6.53. The third-order valence-corrected chi connectivity index (χ3v) is 4.82. The highest BCUT2D eigenvalue weighted by Crippen LogP contribution is 2.22. The zero-order chi connectivity index (χ0) is 17.2. The number of rotatable bonds is 4. The van der Waals surface area contributed by atoms with Crippen LogP contribution in [-0.2, 0) is 6.54 Å². The molecule has 25 heavy (non-hydrogen) atoms. The molecular weight excluding hydrogens is 334 g/mol.